The molecular formula is C13H12N2O4. The minimum atomic E-state index is -0.982. The van der Waals surface area contributed by atoms with E-state index >= 15 is 0 Å². The highest BCUT2D eigenvalue weighted by Gasteiger charge is 2.08. The van der Waals surface area contributed by atoms with Crippen LogP contribution in [0.3, 0.4) is 0 Å². The van der Waals surface area contributed by atoms with Gasteiger partial charge >= 0.3 is 5.97 Å². The zero-order valence-corrected chi connectivity index (χ0v) is 10.2. The maximum Gasteiger partial charge on any atom is 0.328 e. The number of nitro benzene ring substituents is 1. The lowest BCUT2D eigenvalue weighted by molar-refractivity contribution is -0.384. The van der Waals surface area contributed by atoms with Crippen LogP contribution >= 0.6 is 0 Å². The van der Waals surface area contributed by atoms with Gasteiger partial charge in [0.15, 0.2) is 0 Å². The molecule has 0 radical (unpaired) electrons. The molecule has 1 N–H and O–H groups in total. The van der Waals surface area contributed by atoms with E-state index in [1.165, 1.54) is 12.1 Å². The van der Waals surface area contributed by atoms with Gasteiger partial charge in [-0.3, -0.25) is 10.1 Å². The van der Waals surface area contributed by atoms with Gasteiger partial charge < -0.3 is 9.67 Å². The number of fused-ring (bicyclic) bond motifs is 1. The van der Waals surface area contributed by atoms with Crippen LogP contribution in [-0.2, 0) is 11.3 Å². The molecule has 0 saturated heterocycles. The zero-order valence-electron chi connectivity index (χ0n) is 10.2. The second-order valence-corrected chi connectivity index (χ2v) is 4.27. The molecule has 0 aliphatic heterocycles. The first kappa shape index (κ1) is 12.8. The first-order chi connectivity index (χ1) is 8.97. The number of rotatable bonds is 4. The highest BCUT2D eigenvalue weighted by Crippen LogP contribution is 2.22. The molecule has 0 aliphatic rings. The Balaban J connectivity index is 2.36. The van der Waals surface area contributed by atoms with Gasteiger partial charge in [0.25, 0.3) is 5.69 Å². The number of non-ortho nitro benzene ring substituents is 1. The van der Waals surface area contributed by atoms with E-state index in [0.717, 1.165) is 17.0 Å². The maximum absolute atomic E-state index is 10.7. The predicted molar refractivity (Wildman–Crippen MR) is 70.0 cm³/mol. The summed E-state index contributed by atoms with van der Waals surface area (Å²) < 4.78 is 1.85. The Morgan fingerprint density at radius 3 is 2.84 bits per heavy atom. The van der Waals surface area contributed by atoms with Crippen molar-refractivity contribution in [2.45, 2.75) is 13.5 Å². The first-order valence-corrected chi connectivity index (χ1v) is 5.61. The van der Waals surface area contributed by atoms with Gasteiger partial charge in [-0.05, 0) is 24.6 Å². The largest absolute Gasteiger partial charge is 0.478 e. The fraction of sp³-hybridized carbons (Fsp3) is 0.154. The fourth-order valence-corrected chi connectivity index (χ4v) is 1.96. The van der Waals surface area contributed by atoms with Crippen LogP contribution in [-0.4, -0.2) is 20.6 Å². The predicted octanol–water partition coefficient (Wildman–Crippen LogP) is 2.58. The van der Waals surface area contributed by atoms with Gasteiger partial charge in [-0.15, -0.1) is 0 Å². The van der Waals surface area contributed by atoms with Crippen molar-refractivity contribution in [2.24, 2.45) is 0 Å². The van der Waals surface area contributed by atoms with Crippen LogP contribution < -0.4 is 0 Å². The third-order valence-electron chi connectivity index (χ3n) is 2.76. The minimum Gasteiger partial charge on any atom is -0.478 e. The quantitative estimate of drug-likeness (QED) is 0.520. The highest BCUT2D eigenvalue weighted by atomic mass is 16.6. The van der Waals surface area contributed by atoms with Crippen molar-refractivity contribution in [3.8, 4) is 0 Å². The summed E-state index contributed by atoms with van der Waals surface area (Å²) >= 11 is 0. The lowest BCUT2D eigenvalue weighted by atomic mass is 10.2. The van der Waals surface area contributed by atoms with Crippen LogP contribution in [0, 0.1) is 10.1 Å². The minimum absolute atomic E-state index is 0.0445. The van der Waals surface area contributed by atoms with Crippen molar-refractivity contribution in [1.82, 2.24) is 4.57 Å². The first-order valence-electron chi connectivity index (χ1n) is 5.61. The van der Waals surface area contributed by atoms with Gasteiger partial charge in [0.2, 0.25) is 0 Å². The lowest BCUT2D eigenvalue weighted by Crippen LogP contribution is -2.00. The van der Waals surface area contributed by atoms with Crippen LogP contribution in [0.2, 0.25) is 0 Å². The van der Waals surface area contributed by atoms with Gasteiger partial charge in [0.05, 0.1) is 4.92 Å². The molecule has 0 fully saturated rings. The van der Waals surface area contributed by atoms with E-state index in [-0.39, 0.29) is 5.69 Å². The van der Waals surface area contributed by atoms with Crippen molar-refractivity contribution in [1.29, 1.82) is 0 Å². The summed E-state index contributed by atoms with van der Waals surface area (Å²) in [6, 6.07) is 6.38. The Hall–Kier alpha value is -2.63. The molecule has 98 valence electrons. The molecule has 0 atom stereocenters. The van der Waals surface area contributed by atoms with Crippen molar-refractivity contribution in [3.63, 3.8) is 0 Å². The summed E-state index contributed by atoms with van der Waals surface area (Å²) in [5.41, 5.74) is 1.58. The Morgan fingerprint density at radius 1 is 1.47 bits per heavy atom. The zero-order chi connectivity index (χ0) is 14.0. The Labute approximate surface area is 108 Å². The van der Waals surface area contributed by atoms with E-state index in [9.17, 15) is 14.9 Å². The molecule has 0 bridgehead atoms. The number of nitrogens with zero attached hydrogens (tertiary/aromatic N) is 2. The normalized spacial score (nSPS) is 11.7. The number of carboxylic acids is 1. The van der Waals surface area contributed by atoms with E-state index in [2.05, 4.69) is 0 Å². The van der Waals surface area contributed by atoms with Crippen LogP contribution in [0.1, 0.15) is 6.92 Å². The number of carboxylic acid groups (broad SMARTS) is 1. The fourth-order valence-electron chi connectivity index (χ4n) is 1.96. The third kappa shape index (κ3) is 2.79. The topological polar surface area (TPSA) is 85.4 Å². The van der Waals surface area contributed by atoms with Gasteiger partial charge in [0, 0.05) is 41.9 Å². The SMILES string of the molecule is CC(=CC(=O)O)Cn1ccc2cc([N+](=O)[O-])ccc21. The summed E-state index contributed by atoms with van der Waals surface area (Å²) in [6.45, 7) is 2.17. The summed E-state index contributed by atoms with van der Waals surface area (Å²) in [4.78, 5) is 20.8. The molecule has 0 amide bonds. The number of aromatic nitrogens is 1. The van der Waals surface area contributed by atoms with Crippen LogP contribution in [0.25, 0.3) is 10.9 Å². The van der Waals surface area contributed by atoms with Crippen LogP contribution in [0.4, 0.5) is 5.69 Å². The van der Waals surface area contributed by atoms with Gasteiger partial charge in [-0.2, -0.15) is 0 Å². The van der Waals surface area contributed by atoms with E-state index in [0.29, 0.717) is 12.1 Å². The number of benzene rings is 1. The number of hydrogen-bond donors (Lipinski definition) is 1. The smallest absolute Gasteiger partial charge is 0.328 e. The molecule has 6 nitrogen and oxygen atoms in total. The van der Waals surface area contributed by atoms with Crippen LogP contribution in [0.15, 0.2) is 42.1 Å². The third-order valence-corrected chi connectivity index (χ3v) is 2.76. The molecule has 0 spiro atoms. The average Bonchev–Trinajstić information content (AvgIpc) is 2.70. The molecule has 2 aromatic rings. The molecule has 1 heterocycles. The molecule has 0 unspecified atom stereocenters. The molecule has 0 aliphatic carbocycles. The van der Waals surface area contributed by atoms with Crippen LogP contribution in [0.5, 0.6) is 0 Å². The van der Waals surface area contributed by atoms with Crippen molar-refractivity contribution in [3.05, 3.63) is 52.2 Å². The average molecular weight is 260 g/mol. The molecular weight excluding hydrogens is 248 g/mol. The second-order valence-electron chi connectivity index (χ2n) is 4.27. The number of allylic oxidation sites excluding steroid dienone is 1. The summed E-state index contributed by atoms with van der Waals surface area (Å²) in [7, 11) is 0. The van der Waals surface area contributed by atoms with E-state index in [4.69, 9.17) is 5.11 Å². The number of aliphatic carboxylic acids is 1. The Bertz CT molecular complexity index is 685. The van der Waals surface area contributed by atoms with Gasteiger partial charge in [-0.1, -0.05) is 0 Å². The maximum atomic E-state index is 10.7. The summed E-state index contributed by atoms with van der Waals surface area (Å²) in [6.07, 6.45) is 2.94. The molecule has 1 aromatic heterocycles. The Kier molecular flexibility index (Phi) is 3.33. The van der Waals surface area contributed by atoms with E-state index < -0.39 is 10.9 Å². The van der Waals surface area contributed by atoms with Gasteiger partial charge in [0.1, 0.15) is 0 Å². The molecule has 1 aromatic carbocycles. The summed E-state index contributed by atoms with van der Waals surface area (Å²) in [5.74, 6) is -0.982. The van der Waals surface area contributed by atoms with E-state index in [1.54, 1.807) is 25.3 Å². The highest BCUT2D eigenvalue weighted by molar-refractivity contribution is 5.83. The molecule has 19 heavy (non-hydrogen) atoms. The lowest BCUT2D eigenvalue weighted by Gasteiger charge is -2.05. The monoisotopic (exact) mass is 260 g/mol. The van der Waals surface area contributed by atoms with Crippen molar-refractivity contribution < 1.29 is 14.8 Å². The number of hydrogen-bond acceptors (Lipinski definition) is 3. The Morgan fingerprint density at radius 2 is 2.21 bits per heavy atom. The second kappa shape index (κ2) is 4.93. The summed E-state index contributed by atoms with van der Waals surface area (Å²) in [5, 5.41) is 20.1. The molecule has 2 rings (SSSR count). The number of nitro groups is 1. The molecule has 6 heteroatoms. The standard InChI is InChI=1S/C13H12N2O4/c1-9(6-13(16)17)8-14-5-4-10-7-11(15(18)19)2-3-12(10)14/h2-7H,8H2,1H3,(H,16,17). The van der Waals surface area contributed by atoms with Gasteiger partial charge in [-0.25, -0.2) is 4.79 Å². The van der Waals surface area contributed by atoms with Crippen molar-refractivity contribution >= 4 is 22.6 Å². The van der Waals surface area contributed by atoms with E-state index in [1.807, 2.05) is 4.57 Å². The van der Waals surface area contributed by atoms with Crippen molar-refractivity contribution in [2.75, 3.05) is 0 Å². The number of carbonyl (C=O) groups is 1. The molecule has 0 saturated carbocycles.